The van der Waals surface area contributed by atoms with Crippen molar-refractivity contribution >= 4 is 16.8 Å². The maximum Gasteiger partial charge on any atom is 0.126 e. The smallest absolute Gasteiger partial charge is 0.126 e. The Kier molecular flexibility index (Phi) is 3.39. The molecule has 0 radical (unpaired) electrons. The average Bonchev–Trinajstić information content (AvgIpc) is 2.73. The average molecular weight is 265 g/mol. The molecule has 1 heterocycles. The third kappa shape index (κ3) is 2.45. The molecule has 1 aliphatic carbocycles. The van der Waals surface area contributed by atoms with Gasteiger partial charge in [0, 0.05) is 11.7 Å². The topological polar surface area (TPSA) is 32.6 Å². The van der Waals surface area contributed by atoms with E-state index in [1.807, 2.05) is 12.1 Å². The van der Waals surface area contributed by atoms with E-state index in [0.717, 1.165) is 24.3 Å². The first-order chi connectivity index (χ1) is 8.72. The molecule has 4 heteroatoms. The van der Waals surface area contributed by atoms with E-state index in [2.05, 4.69) is 4.99 Å². The van der Waals surface area contributed by atoms with Gasteiger partial charge in [-0.05, 0) is 30.9 Å². The lowest BCUT2D eigenvalue weighted by atomic mass is 9.93. The Labute approximate surface area is 110 Å². The van der Waals surface area contributed by atoms with Crippen LogP contribution in [0.15, 0.2) is 29.3 Å². The number of fused-ring (bicyclic) bond motifs is 1. The van der Waals surface area contributed by atoms with Crippen molar-refractivity contribution in [1.82, 2.24) is 0 Å². The SMILES string of the molecule is OC1CCC2N=C(Cc3ccccc3F)SC2C1. The van der Waals surface area contributed by atoms with E-state index in [-0.39, 0.29) is 11.9 Å². The minimum Gasteiger partial charge on any atom is -0.393 e. The number of hydrogen-bond acceptors (Lipinski definition) is 3. The van der Waals surface area contributed by atoms with Gasteiger partial charge in [-0.1, -0.05) is 18.2 Å². The van der Waals surface area contributed by atoms with Crippen molar-refractivity contribution in [2.75, 3.05) is 0 Å². The van der Waals surface area contributed by atoms with Crippen molar-refractivity contribution in [2.24, 2.45) is 4.99 Å². The van der Waals surface area contributed by atoms with Gasteiger partial charge >= 0.3 is 0 Å². The summed E-state index contributed by atoms with van der Waals surface area (Å²) in [4.78, 5) is 4.68. The van der Waals surface area contributed by atoms with Crippen molar-refractivity contribution in [1.29, 1.82) is 0 Å². The maximum absolute atomic E-state index is 13.6. The van der Waals surface area contributed by atoms with E-state index < -0.39 is 0 Å². The predicted molar refractivity (Wildman–Crippen MR) is 72.6 cm³/mol. The Morgan fingerprint density at radius 3 is 3.00 bits per heavy atom. The standard InChI is InChI=1S/C14H16FNOS/c15-11-4-2-1-3-9(11)7-14-16-12-6-5-10(17)8-13(12)18-14/h1-4,10,12-13,17H,5-8H2. The van der Waals surface area contributed by atoms with Crippen LogP contribution in [0.4, 0.5) is 4.39 Å². The quantitative estimate of drug-likeness (QED) is 0.892. The van der Waals surface area contributed by atoms with E-state index in [0.29, 0.717) is 23.3 Å². The number of aliphatic hydroxyl groups is 1. The Balaban J connectivity index is 1.70. The highest BCUT2D eigenvalue weighted by molar-refractivity contribution is 8.14. The Morgan fingerprint density at radius 2 is 2.17 bits per heavy atom. The molecule has 0 spiro atoms. The normalized spacial score (nSPS) is 31.0. The third-order valence-electron chi connectivity index (χ3n) is 3.63. The lowest BCUT2D eigenvalue weighted by Crippen LogP contribution is -2.30. The molecule has 96 valence electrons. The minimum atomic E-state index is -0.179. The predicted octanol–water partition coefficient (Wildman–Crippen LogP) is 2.80. The van der Waals surface area contributed by atoms with Crippen LogP contribution in [-0.2, 0) is 6.42 Å². The second kappa shape index (κ2) is 5.02. The molecule has 0 amide bonds. The summed E-state index contributed by atoms with van der Waals surface area (Å²) in [5.74, 6) is -0.157. The van der Waals surface area contributed by atoms with E-state index in [1.54, 1.807) is 17.8 Å². The maximum atomic E-state index is 13.6. The molecule has 1 aromatic carbocycles. The van der Waals surface area contributed by atoms with Crippen LogP contribution in [0.25, 0.3) is 0 Å². The zero-order valence-corrected chi connectivity index (χ0v) is 10.9. The Bertz CT molecular complexity index is 477. The van der Waals surface area contributed by atoms with E-state index in [4.69, 9.17) is 0 Å². The summed E-state index contributed by atoms with van der Waals surface area (Å²) in [6.07, 6.45) is 3.03. The monoisotopic (exact) mass is 265 g/mol. The number of benzene rings is 1. The molecular weight excluding hydrogens is 249 g/mol. The minimum absolute atomic E-state index is 0.157. The molecule has 2 nitrogen and oxygen atoms in total. The van der Waals surface area contributed by atoms with Gasteiger partial charge in [-0.25, -0.2) is 4.39 Å². The molecule has 3 atom stereocenters. The lowest BCUT2D eigenvalue weighted by molar-refractivity contribution is 0.127. The Hall–Kier alpha value is -0.870. The van der Waals surface area contributed by atoms with Gasteiger partial charge in [-0.15, -0.1) is 11.8 Å². The summed E-state index contributed by atoms with van der Waals surface area (Å²) in [5, 5.41) is 11.1. The van der Waals surface area contributed by atoms with Gasteiger partial charge in [-0.3, -0.25) is 4.99 Å². The van der Waals surface area contributed by atoms with Gasteiger partial charge in [-0.2, -0.15) is 0 Å². The second-order valence-electron chi connectivity index (χ2n) is 4.98. The number of hydrogen-bond donors (Lipinski definition) is 1. The molecule has 3 rings (SSSR count). The summed E-state index contributed by atoms with van der Waals surface area (Å²) < 4.78 is 13.6. The van der Waals surface area contributed by atoms with E-state index >= 15 is 0 Å². The molecule has 1 saturated carbocycles. The van der Waals surface area contributed by atoms with Crippen LogP contribution in [0.3, 0.4) is 0 Å². The van der Waals surface area contributed by atoms with Gasteiger partial charge in [0.05, 0.1) is 17.2 Å². The number of halogens is 1. The summed E-state index contributed by atoms with van der Waals surface area (Å²) in [7, 11) is 0. The van der Waals surface area contributed by atoms with Crippen molar-refractivity contribution in [2.45, 2.75) is 43.1 Å². The van der Waals surface area contributed by atoms with Crippen LogP contribution in [0.5, 0.6) is 0 Å². The zero-order valence-electron chi connectivity index (χ0n) is 10.1. The number of nitrogens with zero attached hydrogens (tertiary/aromatic N) is 1. The highest BCUT2D eigenvalue weighted by atomic mass is 32.2. The fourth-order valence-corrected chi connectivity index (χ4v) is 4.11. The molecular formula is C14H16FNOS. The summed E-state index contributed by atoms with van der Waals surface area (Å²) >= 11 is 1.73. The van der Waals surface area contributed by atoms with Crippen molar-refractivity contribution in [3.63, 3.8) is 0 Å². The first kappa shape index (κ1) is 12.2. The first-order valence-corrected chi connectivity index (χ1v) is 7.25. The van der Waals surface area contributed by atoms with Gasteiger partial charge in [0.25, 0.3) is 0 Å². The van der Waals surface area contributed by atoms with Crippen molar-refractivity contribution in [3.05, 3.63) is 35.6 Å². The fraction of sp³-hybridized carbons (Fsp3) is 0.500. The Morgan fingerprint density at radius 1 is 1.33 bits per heavy atom. The molecule has 1 aliphatic heterocycles. The highest BCUT2D eigenvalue weighted by Gasteiger charge is 2.35. The first-order valence-electron chi connectivity index (χ1n) is 6.37. The molecule has 1 aromatic rings. The van der Waals surface area contributed by atoms with Crippen molar-refractivity contribution in [3.8, 4) is 0 Å². The zero-order chi connectivity index (χ0) is 12.5. The third-order valence-corrected chi connectivity index (χ3v) is 4.96. The molecule has 0 aromatic heterocycles. The van der Waals surface area contributed by atoms with Crippen LogP contribution >= 0.6 is 11.8 Å². The molecule has 1 fully saturated rings. The van der Waals surface area contributed by atoms with Crippen LogP contribution in [0, 0.1) is 5.82 Å². The van der Waals surface area contributed by atoms with Crippen LogP contribution in [0.1, 0.15) is 24.8 Å². The van der Waals surface area contributed by atoms with E-state index in [9.17, 15) is 9.50 Å². The number of rotatable bonds is 2. The summed E-state index contributed by atoms with van der Waals surface area (Å²) in [6, 6.07) is 7.20. The second-order valence-corrected chi connectivity index (χ2v) is 6.29. The van der Waals surface area contributed by atoms with Gasteiger partial charge in [0.1, 0.15) is 5.82 Å². The highest BCUT2D eigenvalue weighted by Crippen LogP contribution is 2.38. The van der Waals surface area contributed by atoms with Crippen LogP contribution in [-0.4, -0.2) is 27.5 Å². The number of aliphatic hydroxyl groups excluding tert-OH is 1. The molecule has 1 N–H and O–H groups in total. The van der Waals surface area contributed by atoms with Gasteiger partial charge < -0.3 is 5.11 Å². The molecule has 2 aliphatic rings. The van der Waals surface area contributed by atoms with Gasteiger partial charge in [0.15, 0.2) is 0 Å². The lowest BCUT2D eigenvalue weighted by Gasteiger charge is -2.26. The van der Waals surface area contributed by atoms with Crippen LogP contribution < -0.4 is 0 Å². The summed E-state index contributed by atoms with van der Waals surface area (Å²) in [6.45, 7) is 0. The summed E-state index contributed by atoms with van der Waals surface area (Å²) in [5.41, 5.74) is 0.711. The number of aliphatic imine (C=N–C) groups is 1. The molecule has 0 bridgehead atoms. The van der Waals surface area contributed by atoms with Crippen LogP contribution in [0.2, 0.25) is 0 Å². The van der Waals surface area contributed by atoms with E-state index in [1.165, 1.54) is 6.07 Å². The molecule has 0 saturated heterocycles. The number of thioether (sulfide) groups is 1. The largest absolute Gasteiger partial charge is 0.393 e. The fourth-order valence-electron chi connectivity index (χ4n) is 2.65. The molecule has 18 heavy (non-hydrogen) atoms. The van der Waals surface area contributed by atoms with Crippen molar-refractivity contribution < 1.29 is 9.50 Å². The van der Waals surface area contributed by atoms with Gasteiger partial charge in [0.2, 0.25) is 0 Å². The molecule has 3 unspecified atom stereocenters.